The maximum absolute atomic E-state index is 11.7. The Bertz CT molecular complexity index is 540. The largest absolute Gasteiger partial charge is 0.462 e. The molecule has 0 aliphatic heterocycles. The van der Waals surface area contributed by atoms with Crippen molar-refractivity contribution < 1.29 is 9.53 Å². The Morgan fingerprint density at radius 1 is 1.44 bits per heavy atom. The number of hydrogen-bond acceptors (Lipinski definition) is 5. The summed E-state index contributed by atoms with van der Waals surface area (Å²) >= 11 is 4.15. The van der Waals surface area contributed by atoms with Crippen LogP contribution in [0.4, 0.5) is 11.5 Å². The molecule has 1 N–H and O–H groups in total. The van der Waals surface area contributed by atoms with E-state index in [2.05, 4.69) is 23.2 Å². The van der Waals surface area contributed by atoms with E-state index in [1.54, 1.807) is 6.92 Å². The van der Waals surface area contributed by atoms with Crippen LogP contribution in [0.2, 0.25) is 0 Å². The molecule has 18 heavy (non-hydrogen) atoms. The summed E-state index contributed by atoms with van der Waals surface area (Å²) < 4.78 is 6.26. The lowest BCUT2D eigenvalue weighted by molar-refractivity contribution is 0.0527. The van der Waals surface area contributed by atoms with Crippen LogP contribution < -0.4 is 5.32 Å². The van der Waals surface area contributed by atoms with Gasteiger partial charge >= 0.3 is 5.97 Å². The van der Waals surface area contributed by atoms with Crippen LogP contribution >= 0.6 is 12.8 Å². The first-order valence-electron chi connectivity index (χ1n) is 5.49. The molecule has 0 amide bonds. The van der Waals surface area contributed by atoms with E-state index in [9.17, 15) is 4.79 Å². The van der Waals surface area contributed by atoms with Gasteiger partial charge in [-0.2, -0.15) is 9.19 Å². The molecule has 1 aromatic carbocycles. The molecule has 5 nitrogen and oxygen atoms in total. The van der Waals surface area contributed by atoms with Gasteiger partial charge in [0.25, 0.3) is 0 Å². The fourth-order valence-corrected chi connectivity index (χ4v) is 1.68. The number of aromatic nitrogens is 2. The molecule has 0 fully saturated rings. The zero-order valence-corrected chi connectivity index (χ0v) is 10.7. The Morgan fingerprint density at radius 3 is 2.83 bits per heavy atom. The van der Waals surface area contributed by atoms with Crippen LogP contribution in [-0.2, 0) is 4.74 Å². The average Bonchev–Trinajstić information content (AvgIpc) is 2.73. The highest BCUT2D eigenvalue weighted by Gasteiger charge is 2.17. The second-order valence-electron chi connectivity index (χ2n) is 3.51. The van der Waals surface area contributed by atoms with Crippen molar-refractivity contribution in [3.63, 3.8) is 0 Å². The standard InChI is InChI=1S/C12H13N3O2S/c1-2-17-12(16)10-8-13-15(18)11(10)14-9-6-4-3-5-7-9/h3-8,14,18H,2H2,1H3. The van der Waals surface area contributed by atoms with Gasteiger partial charge in [0.15, 0.2) is 5.82 Å². The van der Waals surface area contributed by atoms with Crippen molar-refractivity contribution in [1.29, 1.82) is 0 Å². The van der Waals surface area contributed by atoms with Crippen LogP contribution in [0.25, 0.3) is 0 Å². The van der Waals surface area contributed by atoms with E-state index in [1.165, 1.54) is 10.3 Å². The maximum Gasteiger partial charge on any atom is 0.343 e. The van der Waals surface area contributed by atoms with Gasteiger partial charge in [-0.15, -0.1) is 0 Å². The molecule has 2 rings (SSSR count). The molecular weight excluding hydrogens is 250 g/mol. The number of thiol groups is 1. The molecule has 0 unspecified atom stereocenters. The third-order valence-corrected chi connectivity index (χ3v) is 2.59. The molecule has 0 aliphatic carbocycles. The first-order chi connectivity index (χ1) is 8.72. The van der Waals surface area contributed by atoms with Gasteiger partial charge < -0.3 is 10.1 Å². The lowest BCUT2D eigenvalue weighted by Crippen LogP contribution is -2.07. The first-order valence-corrected chi connectivity index (χ1v) is 5.89. The molecule has 1 heterocycles. The highest BCUT2D eigenvalue weighted by atomic mass is 32.1. The lowest BCUT2D eigenvalue weighted by Gasteiger charge is -2.08. The minimum Gasteiger partial charge on any atom is -0.462 e. The van der Waals surface area contributed by atoms with Crippen LogP contribution in [0.1, 0.15) is 17.3 Å². The molecule has 1 aromatic heterocycles. The number of para-hydroxylation sites is 1. The molecular formula is C12H13N3O2S. The van der Waals surface area contributed by atoms with Crippen LogP contribution in [-0.4, -0.2) is 21.8 Å². The smallest absolute Gasteiger partial charge is 0.343 e. The molecule has 2 aromatic rings. The number of nitrogens with one attached hydrogen (secondary N) is 1. The highest BCUT2D eigenvalue weighted by Crippen LogP contribution is 2.22. The van der Waals surface area contributed by atoms with Gasteiger partial charge in [-0.1, -0.05) is 18.2 Å². The maximum atomic E-state index is 11.7. The Morgan fingerprint density at radius 2 is 2.17 bits per heavy atom. The Balaban J connectivity index is 2.27. The molecule has 0 saturated carbocycles. The molecule has 0 spiro atoms. The number of esters is 1. The topological polar surface area (TPSA) is 56.1 Å². The summed E-state index contributed by atoms with van der Waals surface area (Å²) in [6, 6.07) is 9.47. The zero-order chi connectivity index (χ0) is 13.0. The SMILES string of the molecule is CCOC(=O)c1cnn(S)c1Nc1ccccc1. The Hall–Kier alpha value is -1.95. The quantitative estimate of drug-likeness (QED) is 0.657. The van der Waals surface area contributed by atoms with E-state index in [0.29, 0.717) is 18.0 Å². The number of carbonyl (C=O) groups excluding carboxylic acids is 1. The van der Waals surface area contributed by atoms with E-state index in [0.717, 1.165) is 5.69 Å². The molecule has 0 aliphatic rings. The molecule has 0 atom stereocenters. The van der Waals surface area contributed by atoms with Crippen molar-refractivity contribution in [3.8, 4) is 0 Å². The van der Waals surface area contributed by atoms with Gasteiger partial charge in [-0.25, -0.2) is 4.79 Å². The molecule has 0 saturated heterocycles. The number of anilines is 2. The van der Waals surface area contributed by atoms with E-state index in [-0.39, 0.29) is 0 Å². The van der Waals surface area contributed by atoms with E-state index < -0.39 is 5.97 Å². The van der Waals surface area contributed by atoms with Crippen LogP contribution in [0.15, 0.2) is 36.5 Å². The third-order valence-electron chi connectivity index (χ3n) is 2.28. The summed E-state index contributed by atoms with van der Waals surface area (Å²) in [5.41, 5.74) is 1.20. The van der Waals surface area contributed by atoms with Gasteiger partial charge in [-0.3, -0.25) is 0 Å². The highest BCUT2D eigenvalue weighted by molar-refractivity contribution is 7.78. The molecule has 6 heteroatoms. The predicted molar refractivity (Wildman–Crippen MR) is 72.3 cm³/mol. The second-order valence-corrected chi connectivity index (χ2v) is 3.89. The van der Waals surface area contributed by atoms with Gasteiger partial charge in [-0.05, 0) is 31.9 Å². The molecule has 0 bridgehead atoms. The summed E-state index contributed by atoms with van der Waals surface area (Å²) in [6.45, 7) is 2.08. The zero-order valence-electron chi connectivity index (χ0n) is 9.83. The van der Waals surface area contributed by atoms with Crippen molar-refractivity contribution >= 4 is 30.3 Å². The van der Waals surface area contributed by atoms with Crippen molar-refractivity contribution in [2.45, 2.75) is 6.92 Å². The van der Waals surface area contributed by atoms with E-state index >= 15 is 0 Å². The number of carbonyl (C=O) groups is 1. The van der Waals surface area contributed by atoms with Gasteiger partial charge in [0.2, 0.25) is 0 Å². The molecule has 0 radical (unpaired) electrons. The summed E-state index contributed by atoms with van der Waals surface area (Å²) in [5, 5.41) is 7.02. The van der Waals surface area contributed by atoms with Gasteiger partial charge in [0.1, 0.15) is 5.56 Å². The lowest BCUT2D eigenvalue weighted by atomic mass is 10.3. The Kier molecular flexibility index (Phi) is 3.88. The number of hydrogen-bond donors (Lipinski definition) is 2. The molecule has 94 valence electrons. The van der Waals surface area contributed by atoms with Crippen molar-refractivity contribution in [2.75, 3.05) is 11.9 Å². The fraction of sp³-hybridized carbons (Fsp3) is 0.167. The van der Waals surface area contributed by atoms with Crippen LogP contribution in [0.5, 0.6) is 0 Å². The summed E-state index contributed by atoms with van der Waals surface area (Å²) in [4.78, 5) is 11.7. The van der Waals surface area contributed by atoms with E-state index in [1.807, 2.05) is 30.3 Å². The number of rotatable bonds is 4. The van der Waals surface area contributed by atoms with Gasteiger partial charge in [0.05, 0.1) is 12.8 Å². The monoisotopic (exact) mass is 263 g/mol. The van der Waals surface area contributed by atoms with E-state index in [4.69, 9.17) is 4.74 Å². The number of nitrogens with zero attached hydrogens (tertiary/aromatic N) is 2. The van der Waals surface area contributed by atoms with Crippen molar-refractivity contribution in [1.82, 2.24) is 9.19 Å². The summed E-state index contributed by atoms with van der Waals surface area (Å²) in [5.74, 6) is 0.0687. The first kappa shape index (κ1) is 12.5. The third kappa shape index (κ3) is 2.65. The fourth-order valence-electron chi connectivity index (χ4n) is 1.47. The van der Waals surface area contributed by atoms with Crippen molar-refractivity contribution in [2.24, 2.45) is 0 Å². The second kappa shape index (κ2) is 5.59. The minimum absolute atomic E-state index is 0.321. The van der Waals surface area contributed by atoms with Gasteiger partial charge in [0, 0.05) is 5.69 Å². The Labute approximate surface area is 110 Å². The van der Waals surface area contributed by atoms with Crippen molar-refractivity contribution in [3.05, 3.63) is 42.1 Å². The normalized spacial score (nSPS) is 10.1. The average molecular weight is 263 g/mol. The predicted octanol–water partition coefficient (Wildman–Crippen LogP) is 2.50. The summed E-state index contributed by atoms with van der Waals surface area (Å²) in [7, 11) is 0. The summed E-state index contributed by atoms with van der Waals surface area (Å²) in [6.07, 6.45) is 1.43. The van der Waals surface area contributed by atoms with Crippen LogP contribution in [0, 0.1) is 0 Å². The minimum atomic E-state index is -0.420. The van der Waals surface area contributed by atoms with Crippen LogP contribution in [0.3, 0.4) is 0 Å². The number of benzene rings is 1. The number of ether oxygens (including phenoxy) is 1.